The van der Waals surface area contributed by atoms with Crippen LogP contribution < -0.4 is 9.47 Å². The topological polar surface area (TPSA) is 184 Å². The van der Waals surface area contributed by atoms with E-state index >= 15 is 0 Å². The highest BCUT2D eigenvalue weighted by atomic mass is 16.8. The van der Waals surface area contributed by atoms with Gasteiger partial charge in [0.15, 0.2) is 18.5 Å². The predicted molar refractivity (Wildman–Crippen MR) is 242 cm³/mol. The van der Waals surface area contributed by atoms with E-state index in [-0.39, 0.29) is 39.6 Å². The van der Waals surface area contributed by atoms with Gasteiger partial charge in [0.2, 0.25) is 6.29 Å². The minimum atomic E-state index is -1.49. The van der Waals surface area contributed by atoms with Crippen molar-refractivity contribution in [2.45, 2.75) is 102 Å². The Bertz CT molecular complexity index is 2310. The summed E-state index contributed by atoms with van der Waals surface area (Å²) in [5.74, 6) is -0.377. The first kappa shape index (κ1) is 48.6. The van der Waals surface area contributed by atoms with Gasteiger partial charge in [0, 0.05) is 18.8 Å². The Hall–Kier alpha value is -6.33. The summed E-state index contributed by atoms with van der Waals surface area (Å²) in [6, 6.07) is 44.1. The predicted octanol–water partition coefficient (Wildman–Crippen LogP) is 8.06. The van der Waals surface area contributed by atoms with E-state index < -0.39 is 73.3 Å². The molecule has 2 fully saturated rings. The lowest BCUT2D eigenvalue weighted by atomic mass is 9.95. The maximum Gasteiger partial charge on any atom is 0.303 e. The van der Waals surface area contributed by atoms with E-state index in [2.05, 4.69) is 10.0 Å². The van der Waals surface area contributed by atoms with Crippen molar-refractivity contribution in [3.8, 4) is 11.5 Å². The second kappa shape index (κ2) is 25.0. The third-order valence-corrected chi connectivity index (χ3v) is 11.0. The average molecular weight is 918 g/mol. The molecule has 16 heteroatoms. The summed E-state index contributed by atoms with van der Waals surface area (Å²) >= 11 is 0. The molecule has 0 spiro atoms. The molecule has 10 atom stereocenters. The van der Waals surface area contributed by atoms with Gasteiger partial charge < -0.3 is 52.1 Å². The summed E-state index contributed by atoms with van der Waals surface area (Å²) in [7, 11) is 1.58. The first-order valence-corrected chi connectivity index (χ1v) is 22.0. The number of nitrogens with zero attached hydrogens (tertiary/aromatic N) is 3. The van der Waals surface area contributed by atoms with E-state index in [0.717, 1.165) is 22.3 Å². The standard InChI is InChI=1S/C51H55N3O13/c1-34(55)62-46-44(53-54-52)42(32-58-28-36-16-8-4-9-17-36)65-51(49(46)63-35(2)56)67-45-43(33-59-29-37-18-10-5-11-19-37)66-50(64-41-26-24-40(57-3)25-27-41)48(61-31-39-22-14-7-15-23-39)47(45)60-30-38-20-12-6-13-21-38/h4-27,42-51H,28-33H2,1-3H3/t42-,43-,44+,45-,46+,47+,48-,49-,50-,51+/m1/s1. The highest BCUT2D eigenvalue weighted by Crippen LogP contribution is 2.37. The Kier molecular flexibility index (Phi) is 18.1. The third-order valence-electron chi connectivity index (χ3n) is 11.0. The van der Waals surface area contributed by atoms with Gasteiger partial charge in [0.25, 0.3) is 0 Å². The molecule has 0 bridgehead atoms. The Morgan fingerprint density at radius 2 is 0.985 bits per heavy atom. The van der Waals surface area contributed by atoms with Gasteiger partial charge in [-0.05, 0) is 52.1 Å². The lowest BCUT2D eigenvalue weighted by molar-refractivity contribution is -0.355. The van der Waals surface area contributed by atoms with Crippen LogP contribution in [0.2, 0.25) is 0 Å². The van der Waals surface area contributed by atoms with Gasteiger partial charge >= 0.3 is 11.9 Å². The molecule has 0 N–H and O–H groups in total. The van der Waals surface area contributed by atoms with Crippen molar-refractivity contribution in [2.75, 3.05) is 20.3 Å². The Morgan fingerprint density at radius 1 is 0.537 bits per heavy atom. The molecule has 2 saturated heterocycles. The van der Waals surface area contributed by atoms with Gasteiger partial charge in [-0.25, -0.2) is 0 Å². The van der Waals surface area contributed by atoms with Crippen LogP contribution in [-0.2, 0) is 78.6 Å². The first-order valence-electron chi connectivity index (χ1n) is 22.0. The van der Waals surface area contributed by atoms with Crippen LogP contribution in [0.3, 0.4) is 0 Å². The van der Waals surface area contributed by atoms with Crippen LogP contribution in [0, 0.1) is 0 Å². The number of esters is 2. The molecule has 0 aromatic heterocycles. The molecule has 16 nitrogen and oxygen atoms in total. The molecule has 2 heterocycles. The monoisotopic (exact) mass is 917 g/mol. The number of carbonyl (C=O) groups is 2. The lowest BCUT2D eigenvalue weighted by Crippen LogP contribution is -2.66. The quantitative estimate of drug-likeness (QED) is 0.0281. The number of methoxy groups -OCH3 is 1. The van der Waals surface area contributed by atoms with Gasteiger partial charge in [-0.2, -0.15) is 0 Å². The van der Waals surface area contributed by atoms with Crippen molar-refractivity contribution in [3.05, 3.63) is 178 Å². The third kappa shape index (κ3) is 14.1. The average Bonchev–Trinajstić information content (AvgIpc) is 3.34. The highest BCUT2D eigenvalue weighted by molar-refractivity contribution is 5.67. The fraction of sp³-hybridized carbons (Fsp3) is 0.373. The number of hydrogen-bond donors (Lipinski definition) is 0. The van der Waals surface area contributed by atoms with Crippen molar-refractivity contribution >= 4 is 11.9 Å². The van der Waals surface area contributed by atoms with Gasteiger partial charge in [0.1, 0.15) is 42.0 Å². The summed E-state index contributed by atoms with van der Waals surface area (Å²) in [4.78, 5) is 28.8. The van der Waals surface area contributed by atoms with E-state index in [0.29, 0.717) is 11.5 Å². The van der Waals surface area contributed by atoms with Crippen molar-refractivity contribution in [1.82, 2.24) is 0 Å². The molecule has 5 aromatic carbocycles. The second-order valence-electron chi connectivity index (χ2n) is 15.8. The van der Waals surface area contributed by atoms with Crippen LogP contribution in [0.1, 0.15) is 36.1 Å². The molecule has 0 unspecified atom stereocenters. The maximum absolute atomic E-state index is 12.9. The fourth-order valence-corrected chi connectivity index (χ4v) is 7.83. The molecule has 352 valence electrons. The van der Waals surface area contributed by atoms with Crippen molar-refractivity contribution in [1.29, 1.82) is 0 Å². The molecule has 7 rings (SSSR count). The van der Waals surface area contributed by atoms with Gasteiger partial charge in [-0.1, -0.05) is 126 Å². The summed E-state index contributed by atoms with van der Waals surface area (Å²) < 4.78 is 70.5. The molecule has 0 amide bonds. The SMILES string of the molecule is COc1ccc(O[C@@H]2O[C@H](COCc3ccccc3)[C@@H](O[C@@H]3O[C@H](COCc4ccccc4)[C@H](N=[N+]=[N-])[C@H](OC(C)=O)[C@H]3OC(C)=O)[C@H](OCc3ccccc3)[C@H]2OCc2ccccc2)cc1. The lowest BCUT2D eigenvalue weighted by Gasteiger charge is -2.49. The number of azide groups is 1. The molecule has 0 saturated carbocycles. The number of carbonyl (C=O) groups excluding carboxylic acids is 2. The van der Waals surface area contributed by atoms with Crippen LogP contribution in [0.25, 0.3) is 10.4 Å². The zero-order chi connectivity index (χ0) is 46.8. The molecular weight excluding hydrogens is 863 g/mol. The van der Waals surface area contributed by atoms with E-state index in [4.69, 9.17) is 52.1 Å². The molecule has 2 aliphatic heterocycles. The number of ether oxygens (including phenoxy) is 11. The minimum absolute atomic E-state index is 0.0536. The van der Waals surface area contributed by atoms with Gasteiger partial charge in [-0.3, -0.25) is 9.59 Å². The minimum Gasteiger partial charge on any atom is -0.497 e. The summed E-state index contributed by atoms with van der Waals surface area (Å²) in [6.07, 6.45) is -10.6. The van der Waals surface area contributed by atoms with Crippen molar-refractivity contribution in [2.24, 2.45) is 5.11 Å². The second-order valence-corrected chi connectivity index (χ2v) is 15.8. The van der Waals surface area contributed by atoms with E-state index in [1.807, 2.05) is 121 Å². The van der Waals surface area contributed by atoms with E-state index in [1.165, 1.54) is 13.8 Å². The van der Waals surface area contributed by atoms with Crippen LogP contribution >= 0.6 is 0 Å². The van der Waals surface area contributed by atoms with E-state index in [1.54, 1.807) is 31.4 Å². The first-order chi connectivity index (χ1) is 32.8. The Labute approximate surface area is 389 Å². The van der Waals surface area contributed by atoms with Crippen LogP contribution in [0.15, 0.2) is 151 Å². The highest BCUT2D eigenvalue weighted by Gasteiger charge is 2.55. The van der Waals surface area contributed by atoms with Crippen LogP contribution in [0.5, 0.6) is 11.5 Å². The van der Waals surface area contributed by atoms with Crippen LogP contribution in [0.4, 0.5) is 0 Å². The Morgan fingerprint density at radius 3 is 1.48 bits per heavy atom. The van der Waals surface area contributed by atoms with Crippen molar-refractivity contribution in [3.63, 3.8) is 0 Å². The number of rotatable bonds is 22. The largest absolute Gasteiger partial charge is 0.497 e. The number of hydrogen-bond acceptors (Lipinski definition) is 14. The zero-order valence-corrected chi connectivity index (χ0v) is 37.5. The molecule has 5 aromatic rings. The summed E-state index contributed by atoms with van der Waals surface area (Å²) in [6.45, 7) is 2.85. The normalized spacial score (nSPS) is 24.7. The maximum atomic E-state index is 12.9. The van der Waals surface area contributed by atoms with Gasteiger partial charge in [-0.15, -0.1) is 0 Å². The number of benzene rings is 5. The smallest absolute Gasteiger partial charge is 0.303 e. The Balaban J connectivity index is 1.29. The molecule has 2 aliphatic rings. The molecular formula is C51H55N3O13. The van der Waals surface area contributed by atoms with Crippen molar-refractivity contribution < 1.29 is 61.7 Å². The zero-order valence-electron chi connectivity index (χ0n) is 37.5. The fourth-order valence-electron chi connectivity index (χ4n) is 7.83. The molecule has 0 radical (unpaired) electrons. The van der Waals surface area contributed by atoms with Crippen LogP contribution in [-0.4, -0.2) is 93.6 Å². The van der Waals surface area contributed by atoms with Gasteiger partial charge in [0.05, 0.1) is 52.9 Å². The summed E-state index contributed by atoms with van der Waals surface area (Å²) in [5, 5.41) is 3.99. The summed E-state index contributed by atoms with van der Waals surface area (Å²) in [5.41, 5.74) is 13.3. The molecule has 67 heavy (non-hydrogen) atoms. The van der Waals surface area contributed by atoms with E-state index in [9.17, 15) is 15.1 Å². The molecule has 0 aliphatic carbocycles.